The van der Waals surface area contributed by atoms with Crippen molar-refractivity contribution in [1.82, 2.24) is 0 Å². The predicted octanol–water partition coefficient (Wildman–Crippen LogP) is 3.95. The van der Waals surface area contributed by atoms with Crippen molar-refractivity contribution in [2.75, 3.05) is 5.75 Å². The number of carbonyl (C=O) groups is 1. The zero-order valence-electron chi connectivity index (χ0n) is 10.7. The lowest BCUT2D eigenvalue weighted by atomic mass is 10.3. The van der Waals surface area contributed by atoms with Gasteiger partial charge in [-0.25, -0.2) is 0 Å². The number of rotatable bonds is 5. The Hall–Kier alpha value is -2.05. The van der Waals surface area contributed by atoms with E-state index >= 15 is 0 Å². The van der Waals surface area contributed by atoms with Crippen molar-refractivity contribution in [3.05, 3.63) is 63.7 Å². The molecule has 5 nitrogen and oxygen atoms in total. The van der Waals surface area contributed by atoms with Crippen LogP contribution in [0.5, 0.6) is 5.75 Å². The standard InChI is InChI=1S/C14H10ClNO4S/c15-10-1-5-12(6-2-10)20-14(17)9-21-13-7-3-11(4-8-13)16(18)19/h1-8H,9H2. The highest BCUT2D eigenvalue weighted by atomic mass is 35.5. The third-order valence-corrected chi connectivity index (χ3v) is 3.69. The number of nitrogens with zero attached hydrogens (tertiary/aromatic N) is 1. The number of ether oxygens (including phenoxy) is 1. The molecule has 2 rings (SSSR count). The molecule has 0 heterocycles. The Kier molecular flexibility index (Phi) is 5.19. The molecule has 108 valence electrons. The van der Waals surface area contributed by atoms with Gasteiger partial charge >= 0.3 is 5.97 Å². The number of nitro groups is 1. The van der Waals surface area contributed by atoms with Crippen molar-refractivity contribution in [2.24, 2.45) is 0 Å². The second kappa shape index (κ2) is 7.10. The molecule has 2 aromatic rings. The van der Waals surface area contributed by atoms with Crippen molar-refractivity contribution in [2.45, 2.75) is 4.90 Å². The Balaban J connectivity index is 1.86. The highest BCUT2D eigenvalue weighted by molar-refractivity contribution is 8.00. The smallest absolute Gasteiger partial charge is 0.321 e. The minimum absolute atomic E-state index is 0.0168. The van der Waals surface area contributed by atoms with Gasteiger partial charge in [0.2, 0.25) is 0 Å². The van der Waals surface area contributed by atoms with Crippen molar-refractivity contribution in [3.63, 3.8) is 0 Å². The van der Waals surface area contributed by atoms with Crippen LogP contribution >= 0.6 is 23.4 Å². The third kappa shape index (κ3) is 4.77. The summed E-state index contributed by atoms with van der Waals surface area (Å²) in [6, 6.07) is 12.5. The lowest BCUT2D eigenvalue weighted by Crippen LogP contribution is -2.10. The lowest BCUT2D eigenvalue weighted by Gasteiger charge is -2.04. The first kappa shape index (κ1) is 15.3. The number of carbonyl (C=O) groups excluding carboxylic acids is 1. The van der Waals surface area contributed by atoms with Gasteiger partial charge in [0.05, 0.1) is 10.7 Å². The van der Waals surface area contributed by atoms with Crippen molar-refractivity contribution in [3.8, 4) is 5.75 Å². The van der Waals surface area contributed by atoms with Gasteiger partial charge in [-0.05, 0) is 36.4 Å². The van der Waals surface area contributed by atoms with E-state index in [0.717, 1.165) is 4.90 Å². The van der Waals surface area contributed by atoms with E-state index in [-0.39, 0.29) is 11.4 Å². The van der Waals surface area contributed by atoms with Crippen LogP contribution in [-0.2, 0) is 4.79 Å². The Morgan fingerprint density at radius 2 is 1.76 bits per heavy atom. The maximum atomic E-state index is 11.7. The Labute approximate surface area is 130 Å². The van der Waals surface area contributed by atoms with Crippen LogP contribution in [-0.4, -0.2) is 16.6 Å². The summed E-state index contributed by atoms with van der Waals surface area (Å²) in [4.78, 5) is 22.5. The molecule has 0 saturated carbocycles. The number of hydrogen-bond donors (Lipinski definition) is 0. The molecular formula is C14H10ClNO4S. The molecule has 2 aromatic carbocycles. The number of hydrogen-bond acceptors (Lipinski definition) is 5. The van der Waals surface area contributed by atoms with Gasteiger partial charge in [-0.3, -0.25) is 14.9 Å². The van der Waals surface area contributed by atoms with Crippen LogP contribution in [0, 0.1) is 10.1 Å². The van der Waals surface area contributed by atoms with Crippen LogP contribution in [0.1, 0.15) is 0 Å². The fourth-order valence-corrected chi connectivity index (χ4v) is 2.27. The first-order valence-electron chi connectivity index (χ1n) is 5.88. The quantitative estimate of drug-likeness (QED) is 0.274. The van der Waals surface area contributed by atoms with E-state index in [2.05, 4.69) is 0 Å². The summed E-state index contributed by atoms with van der Waals surface area (Å²) in [6.07, 6.45) is 0. The molecule has 0 fully saturated rings. The maximum Gasteiger partial charge on any atom is 0.321 e. The lowest BCUT2D eigenvalue weighted by molar-refractivity contribution is -0.384. The molecule has 0 N–H and O–H groups in total. The summed E-state index contributed by atoms with van der Waals surface area (Å²) < 4.78 is 5.13. The van der Waals surface area contributed by atoms with Gasteiger partial charge in [0, 0.05) is 22.1 Å². The first-order valence-corrected chi connectivity index (χ1v) is 7.24. The second-order valence-corrected chi connectivity index (χ2v) is 5.45. The largest absolute Gasteiger partial charge is 0.426 e. The van der Waals surface area contributed by atoms with Crippen molar-refractivity contribution >= 4 is 35.0 Å². The number of esters is 1. The molecule has 0 aliphatic heterocycles. The number of benzene rings is 2. The van der Waals surface area contributed by atoms with Gasteiger partial charge in [-0.15, -0.1) is 11.8 Å². The van der Waals surface area contributed by atoms with Crippen LogP contribution in [0.15, 0.2) is 53.4 Å². The van der Waals surface area contributed by atoms with E-state index in [1.165, 1.54) is 23.9 Å². The summed E-state index contributed by atoms with van der Waals surface area (Å²) in [6.45, 7) is 0. The number of non-ortho nitro benzene ring substituents is 1. The van der Waals surface area contributed by atoms with E-state index in [1.54, 1.807) is 36.4 Å². The molecule has 0 aliphatic rings. The summed E-state index contributed by atoms with van der Waals surface area (Å²) in [5.41, 5.74) is 0.0168. The van der Waals surface area contributed by atoms with Crippen LogP contribution in [0.4, 0.5) is 5.69 Å². The minimum atomic E-state index is -0.469. The highest BCUT2D eigenvalue weighted by Gasteiger charge is 2.08. The van der Waals surface area contributed by atoms with E-state index in [0.29, 0.717) is 10.8 Å². The van der Waals surface area contributed by atoms with E-state index in [1.807, 2.05) is 0 Å². The summed E-state index contributed by atoms with van der Waals surface area (Å²) in [5, 5.41) is 11.1. The van der Waals surface area contributed by atoms with Gasteiger partial charge in [0.1, 0.15) is 5.75 Å². The molecule has 7 heteroatoms. The molecular weight excluding hydrogens is 314 g/mol. The van der Waals surface area contributed by atoms with Gasteiger partial charge in [0.25, 0.3) is 5.69 Å². The average Bonchev–Trinajstić information content (AvgIpc) is 2.48. The molecule has 0 bridgehead atoms. The molecule has 0 amide bonds. The summed E-state index contributed by atoms with van der Waals surface area (Å²) in [5.74, 6) is 0.134. The monoisotopic (exact) mass is 323 g/mol. The van der Waals surface area contributed by atoms with Gasteiger partial charge in [-0.1, -0.05) is 11.6 Å². The van der Waals surface area contributed by atoms with E-state index in [9.17, 15) is 14.9 Å². The molecule has 0 spiro atoms. The Bertz CT molecular complexity index is 643. The fourth-order valence-electron chi connectivity index (χ4n) is 1.47. The predicted molar refractivity (Wildman–Crippen MR) is 80.9 cm³/mol. The van der Waals surface area contributed by atoms with Crippen LogP contribution in [0.25, 0.3) is 0 Å². The van der Waals surface area contributed by atoms with Crippen molar-refractivity contribution < 1.29 is 14.5 Å². The third-order valence-electron chi connectivity index (χ3n) is 2.45. The molecule has 21 heavy (non-hydrogen) atoms. The molecule has 0 aromatic heterocycles. The van der Waals surface area contributed by atoms with E-state index < -0.39 is 10.9 Å². The molecule has 0 aliphatic carbocycles. The van der Waals surface area contributed by atoms with Gasteiger partial charge < -0.3 is 4.74 Å². The second-order valence-electron chi connectivity index (χ2n) is 3.97. The zero-order valence-corrected chi connectivity index (χ0v) is 12.3. The van der Waals surface area contributed by atoms with Gasteiger partial charge in [0.15, 0.2) is 0 Å². The minimum Gasteiger partial charge on any atom is -0.426 e. The number of nitro benzene ring substituents is 1. The molecule has 0 radical (unpaired) electrons. The van der Waals surface area contributed by atoms with Gasteiger partial charge in [-0.2, -0.15) is 0 Å². The molecule has 0 saturated heterocycles. The van der Waals surface area contributed by atoms with E-state index in [4.69, 9.17) is 16.3 Å². The SMILES string of the molecule is O=C(CSc1ccc([N+](=O)[O-])cc1)Oc1ccc(Cl)cc1. The van der Waals surface area contributed by atoms with Crippen molar-refractivity contribution in [1.29, 1.82) is 0 Å². The van der Waals surface area contributed by atoms with Crippen LogP contribution in [0.2, 0.25) is 5.02 Å². The Morgan fingerprint density at radius 1 is 1.14 bits per heavy atom. The zero-order chi connectivity index (χ0) is 15.2. The summed E-state index contributed by atoms with van der Waals surface area (Å²) in [7, 11) is 0. The number of thioether (sulfide) groups is 1. The normalized spacial score (nSPS) is 10.1. The fraction of sp³-hybridized carbons (Fsp3) is 0.0714. The van der Waals surface area contributed by atoms with Crippen LogP contribution < -0.4 is 4.74 Å². The molecule has 0 atom stereocenters. The first-order chi connectivity index (χ1) is 10.0. The number of halogens is 1. The average molecular weight is 324 g/mol. The highest BCUT2D eigenvalue weighted by Crippen LogP contribution is 2.22. The maximum absolute atomic E-state index is 11.7. The Morgan fingerprint density at radius 3 is 2.33 bits per heavy atom. The van der Waals surface area contributed by atoms with Crippen LogP contribution in [0.3, 0.4) is 0 Å². The molecule has 0 unspecified atom stereocenters. The summed E-state index contributed by atoms with van der Waals surface area (Å²) >= 11 is 6.98. The topological polar surface area (TPSA) is 69.4 Å².